The van der Waals surface area contributed by atoms with E-state index >= 15 is 0 Å². The molecule has 49 heavy (non-hydrogen) atoms. The number of nitrogens with zero attached hydrogens (tertiary/aromatic N) is 1. The van der Waals surface area contributed by atoms with Crippen LogP contribution in [0.2, 0.25) is 0 Å². The molecule has 0 aliphatic heterocycles. The third kappa shape index (κ3) is 35.7. The number of ether oxygens (including phenoxy) is 8. The Hall–Kier alpha value is -1.91. The van der Waals surface area contributed by atoms with Crippen LogP contribution < -0.4 is 10.6 Å². The van der Waals surface area contributed by atoms with E-state index in [2.05, 4.69) is 17.6 Å². The maximum Gasteiger partial charge on any atom is 0.225 e. The van der Waals surface area contributed by atoms with E-state index in [0.717, 1.165) is 19.4 Å². The molecule has 14 nitrogen and oxygen atoms in total. The van der Waals surface area contributed by atoms with Crippen LogP contribution in [0.1, 0.15) is 66.7 Å². The van der Waals surface area contributed by atoms with E-state index in [0.29, 0.717) is 150 Å². The zero-order valence-corrected chi connectivity index (χ0v) is 31.3. The second-order valence-electron chi connectivity index (χ2n) is 12.3. The Morgan fingerprint density at radius 3 is 1.22 bits per heavy atom. The average Bonchev–Trinajstić information content (AvgIpc) is 3.05. The van der Waals surface area contributed by atoms with Crippen molar-refractivity contribution >= 4 is 17.7 Å². The van der Waals surface area contributed by atoms with Gasteiger partial charge < -0.3 is 53.4 Å². The summed E-state index contributed by atoms with van der Waals surface area (Å²) in [6.45, 7) is 19.0. The zero-order chi connectivity index (χ0) is 36.2. The Bertz CT molecular complexity index is 729. The van der Waals surface area contributed by atoms with Gasteiger partial charge in [-0.05, 0) is 18.3 Å². The van der Waals surface area contributed by atoms with E-state index in [1.807, 2.05) is 27.7 Å². The van der Waals surface area contributed by atoms with E-state index in [4.69, 9.17) is 37.9 Å². The van der Waals surface area contributed by atoms with Crippen molar-refractivity contribution in [3.63, 3.8) is 0 Å². The summed E-state index contributed by atoms with van der Waals surface area (Å²) in [5.41, 5.74) is 0. The summed E-state index contributed by atoms with van der Waals surface area (Å²) in [5.74, 6) is 0.721. The summed E-state index contributed by atoms with van der Waals surface area (Å²) in [4.78, 5) is 37.8. The maximum atomic E-state index is 12.9. The zero-order valence-electron chi connectivity index (χ0n) is 31.3. The molecule has 0 saturated carbocycles. The fourth-order valence-corrected chi connectivity index (χ4v) is 4.09. The average molecular weight is 708 g/mol. The molecule has 290 valence electrons. The second kappa shape index (κ2) is 35.9. The van der Waals surface area contributed by atoms with E-state index in [-0.39, 0.29) is 24.1 Å². The molecule has 0 aliphatic rings. The van der Waals surface area contributed by atoms with Gasteiger partial charge in [-0.3, -0.25) is 14.4 Å². The first-order valence-corrected chi connectivity index (χ1v) is 18.2. The van der Waals surface area contributed by atoms with Gasteiger partial charge in [-0.15, -0.1) is 0 Å². The lowest BCUT2D eigenvalue weighted by Crippen LogP contribution is -2.37. The van der Waals surface area contributed by atoms with Gasteiger partial charge in [-0.2, -0.15) is 0 Å². The predicted molar refractivity (Wildman–Crippen MR) is 188 cm³/mol. The molecule has 0 saturated heterocycles. The fraction of sp³-hybridized carbons (Fsp3) is 0.914. The minimum absolute atomic E-state index is 0.0262. The molecule has 0 spiro atoms. The van der Waals surface area contributed by atoms with Crippen molar-refractivity contribution in [2.45, 2.75) is 66.7 Å². The normalized spacial score (nSPS) is 11.4. The first-order valence-electron chi connectivity index (χ1n) is 18.2. The van der Waals surface area contributed by atoms with Gasteiger partial charge in [-0.25, -0.2) is 0 Å². The standard InChI is InChI=1S/C35H69N3O11/c1-6-7-13-42-19-20-43-14-8-35(41)38(11-17-46-23-27-48-25-21-44-15-9-36-33(39)29-31(2)3)12-18-47-24-28-49-26-22-45-16-10-37-34(40)30-32(4)5/h31-32H,6-30H2,1-5H3,(H,36,39)(H,37,40). The van der Waals surface area contributed by atoms with Gasteiger partial charge in [0.2, 0.25) is 17.7 Å². The minimum atomic E-state index is -0.0262. The van der Waals surface area contributed by atoms with Gasteiger partial charge in [0.1, 0.15) is 0 Å². The molecule has 0 aliphatic carbocycles. The molecular weight excluding hydrogens is 638 g/mol. The summed E-state index contributed by atoms with van der Waals surface area (Å²) in [7, 11) is 0. The molecule has 0 atom stereocenters. The Morgan fingerprint density at radius 1 is 0.490 bits per heavy atom. The van der Waals surface area contributed by atoms with Crippen molar-refractivity contribution < 1.29 is 52.3 Å². The second-order valence-corrected chi connectivity index (χ2v) is 12.3. The van der Waals surface area contributed by atoms with E-state index < -0.39 is 0 Å². The molecule has 0 aromatic heterocycles. The fourth-order valence-electron chi connectivity index (χ4n) is 4.09. The van der Waals surface area contributed by atoms with Crippen LogP contribution in [0.15, 0.2) is 0 Å². The lowest BCUT2D eigenvalue weighted by Gasteiger charge is -2.23. The smallest absolute Gasteiger partial charge is 0.225 e. The largest absolute Gasteiger partial charge is 0.379 e. The van der Waals surface area contributed by atoms with Crippen LogP contribution in [0.5, 0.6) is 0 Å². The highest BCUT2D eigenvalue weighted by molar-refractivity contribution is 5.76. The minimum Gasteiger partial charge on any atom is -0.379 e. The number of hydrogen-bond donors (Lipinski definition) is 2. The number of hydrogen-bond acceptors (Lipinski definition) is 11. The first kappa shape index (κ1) is 47.1. The lowest BCUT2D eigenvalue weighted by atomic mass is 10.1. The van der Waals surface area contributed by atoms with Gasteiger partial charge in [0.05, 0.1) is 106 Å². The van der Waals surface area contributed by atoms with Crippen molar-refractivity contribution in [1.82, 2.24) is 15.5 Å². The van der Waals surface area contributed by atoms with Crippen molar-refractivity contribution in [3.05, 3.63) is 0 Å². The highest BCUT2D eigenvalue weighted by Crippen LogP contribution is 2.00. The molecule has 0 rings (SSSR count). The summed E-state index contributed by atoms with van der Waals surface area (Å²) in [6, 6.07) is 0. The molecule has 0 unspecified atom stereocenters. The third-order valence-corrected chi connectivity index (χ3v) is 6.65. The highest BCUT2D eigenvalue weighted by atomic mass is 16.6. The van der Waals surface area contributed by atoms with E-state index in [1.165, 1.54) is 0 Å². The van der Waals surface area contributed by atoms with E-state index in [1.54, 1.807) is 4.90 Å². The number of nitrogens with one attached hydrogen (secondary N) is 2. The van der Waals surface area contributed by atoms with Gasteiger partial charge in [0.25, 0.3) is 0 Å². The Balaban J connectivity index is 4.09. The summed E-state index contributed by atoms with van der Waals surface area (Å²) in [5, 5.41) is 5.66. The van der Waals surface area contributed by atoms with Gasteiger partial charge in [0, 0.05) is 45.6 Å². The summed E-state index contributed by atoms with van der Waals surface area (Å²) >= 11 is 0. The van der Waals surface area contributed by atoms with Gasteiger partial charge >= 0.3 is 0 Å². The predicted octanol–water partition coefficient (Wildman–Crippen LogP) is 2.46. The molecule has 14 heteroatoms. The van der Waals surface area contributed by atoms with Crippen molar-refractivity contribution in [1.29, 1.82) is 0 Å². The van der Waals surface area contributed by atoms with Crippen LogP contribution in [0.25, 0.3) is 0 Å². The summed E-state index contributed by atoms with van der Waals surface area (Å²) in [6.07, 6.45) is 3.42. The molecule has 3 amide bonds. The van der Waals surface area contributed by atoms with Crippen LogP contribution in [0, 0.1) is 11.8 Å². The van der Waals surface area contributed by atoms with Crippen LogP contribution >= 0.6 is 0 Å². The summed E-state index contributed by atoms with van der Waals surface area (Å²) < 4.78 is 44.5. The number of rotatable bonds is 37. The highest BCUT2D eigenvalue weighted by Gasteiger charge is 2.13. The Kier molecular flexibility index (Phi) is 34.5. The molecule has 0 heterocycles. The van der Waals surface area contributed by atoms with Crippen LogP contribution in [0.3, 0.4) is 0 Å². The molecule has 0 aromatic rings. The first-order chi connectivity index (χ1) is 23.8. The van der Waals surface area contributed by atoms with Crippen molar-refractivity contribution in [2.24, 2.45) is 11.8 Å². The Morgan fingerprint density at radius 2 is 0.837 bits per heavy atom. The third-order valence-electron chi connectivity index (χ3n) is 6.65. The van der Waals surface area contributed by atoms with Crippen LogP contribution in [-0.2, 0) is 52.3 Å². The molecule has 2 N–H and O–H groups in total. The van der Waals surface area contributed by atoms with Gasteiger partial charge in [-0.1, -0.05) is 41.0 Å². The van der Waals surface area contributed by atoms with E-state index in [9.17, 15) is 14.4 Å². The van der Waals surface area contributed by atoms with Crippen LogP contribution in [0.4, 0.5) is 0 Å². The molecule has 0 aromatic carbocycles. The molecular formula is C35H69N3O11. The topological polar surface area (TPSA) is 152 Å². The maximum absolute atomic E-state index is 12.9. The molecule has 0 fully saturated rings. The quantitative estimate of drug-likeness (QED) is 0.0917. The molecule has 0 bridgehead atoms. The number of unbranched alkanes of at least 4 members (excludes halogenated alkanes) is 1. The van der Waals surface area contributed by atoms with Gasteiger partial charge in [0.15, 0.2) is 0 Å². The Labute approximate surface area is 295 Å². The SMILES string of the molecule is CCCCOCCOCCC(=O)N(CCOCCOCCOCCNC(=O)CC(C)C)CCOCCOCCOCCNC(=O)CC(C)C. The number of carbonyl (C=O) groups excluding carboxylic acids is 3. The number of amides is 3. The monoisotopic (exact) mass is 707 g/mol. The molecule has 0 radical (unpaired) electrons. The van der Waals surface area contributed by atoms with Crippen molar-refractivity contribution in [2.75, 3.05) is 132 Å². The number of carbonyl (C=O) groups is 3. The van der Waals surface area contributed by atoms with Crippen molar-refractivity contribution in [3.8, 4) is 0 Å². The lowest BCUT2D eigenvalue weighted by molar-refractivity contribution is -0.134. The van der Waals surface area contributed by atoms with Crippen LogP contribution in [-0.4, -0.2) is 155 Å².